The summed E-state index contributed by atoms with van der Waals surface area (Å²) in [5, 5.41) is 3.78. The van der Waals surface area contributed by atoms with E-state index in [0.29, 0.717) is 17.6 Å². The molecule has 0 spiro atoms. The van der Waals surface area contributed by atoms with E-state index < -0.39 is 5.82 Å². The van der Waals surface area contributed by atoms with Crippen LogP contribution in [0.15, 0.2) is 18.2 Å². The number of rotatable bonds is 4. The lowest BCUT2D eigenvalue weighted by Gasteiger charge is -2.26. The van der Waals surface area contributed by atoms with Crippen molar-refractivity contribution in [2.45, 2.75) is 37.8 Å². The monoisotopic (exact) mass is 296 g/mol. The molecule has 0 radical (unpaired) electrons. The highest BCUT2D eigenvalue weighted by Gasteiger charge is 2.35. The summed E-state index contributed by atoms with van der Waals surface area (Å²) in [5.41, 5.74) is 0.0856. The molecule has 20 heavy (non-hydrogen) atoms. The smallest absolute Gasteiger partial charge is 0.257 e. The van der Waals surface area contributed by atoms with Crippen LogP contribution in [0.5, 0.6) is 0 Å². The van der Waals surface area contributed by atoms with Crippen molar-refractivity contribution in [1.82, 2.24) is 10.2 Å². The number of carbonyl (C=O) groups excluding carboxylic acids is 1. The fourth-order valence-corrected chi connectivity index (χ4v) is 2.92. The van der Waals surface area contributed by atoms with Crippen LogP contribution in [0.4, 0.5) is 4.39 Å². The second-order valence-electron chi connectivity index (χ2n) is 5.61. The largest absolute Gasteiger partial charge is 0.334 e. The maximum atomic E-state index is 13.9. The molecule has 1 saturated heterocycles. The lowest BCUT2D eigenvalue weighted by Crippen LogP contribution is -2.42. The van der Waals surface area contributed by atoms with Crippen molar-refractivity contribution in [3.8, 4) is 0 Å². The molecule has 1 atom stereocenters. The van der Waals surface area contributed by atoms with E-state index in [9.17, 15) is 9.18 Å². The zero-order chi connectivity index (χ0) is 14.1. The first kappa shape index (κ1) is 13.8. The van der Waals surface area contributed by atoms with Crippen molar-refractivity contribution < 1.29 is 9.18 Å². The van der Waals surface area contributed by atoms with E-state index in [-0.39, 0.29) is 17.5 Å². The molecule has 1 amide bonds. The van der Waals surface area contributed by atoms with Gasteiger partial charge in [0.05, 0.1) is 5.56 Å². The first-order chi connectivity index (χ1) is 9.65. The summed E-state index contributed by atoms with van der Waals surface area (Å²) in [5.74, 6) is -0.731. The van der Waals surface area contributed by atoms with Crippen LogP contribution < -0.4 is 5.32 Å². The van der Waals surface area contributed by atoms with E-state index >= 15 is 0 Å². The second-order valence-corrected chi connectivity index (χ2v) is 6.04. The van der Waals surface area contributed by atoms with Crippen LogP contribution in [-0.2, 0) is 0 Å². The first-order valence-corrected chi connectivity index (χ1v) is 7.52. The molecule has 1 unspecified atom stereocenters. The molecule has 1 aliphatic heterocycles. The van der Waals surface area contributed by atoms with E-state index in [1.165, 1.54) is 18.2 Å². The van der Waals surface area contributed by atoms with Gasteiger partial charge in [0, 0.05) is 23.7 Å². The standard InChI is InChI=1S/C15H18ClFN2O/c16-10-3-6-14(17)13(8-10)15(20)19(12-4-5-12)9-11-2-1-7-18-11/h3,6,8,11-12,18H,1-2,4-5,7,9H2. The fourth-order valence-electron chi connectivity index (χ4n) is 2.75. The van der Waals surface area contributed by atoms with Crippen LogP contribution in [0.1, 0.15) is 36.0 Å². The Bertz CT molecular complexity index is 513. The molecule has 1 N–H and O–H groups in total. The van der Waals surface area contributed by atoms with E-state index in [2.05, 4.69) is 5.32 Å². The number of benzene rings is 1. The van der Waals surface area contributed by atoms with Crippen molar-refractivity contribution in [3.05, 3.63) is 34.6 Å². The number of nitrogens with zero attached hydrogens (tertiary/aromatic N) is 1. The Morgan fingerprint density at radius 2 is 2.20 bits per heavy atom. The summed E-state index contributed by atoms with van der Waals surface area (Å²) < 4.78 is 13.9. The third kappa shape index (κ3) is 2.96. The SMILES string of the molecule is O=C(c1cc(Cl)ccc1F)N(CC1CCCN1)C1CC1. The van der Waals surface area contributed by atoms with Gasteiger partial charge in [0.25, 0.3) is 5.91 Å². The molecule has 3 nitrogen and oxygen atoms in total. The van der Waals surface area contributed by atoms with Gasteiger partial charge in [-0.2, -0.15) is 0 Å². The summed E-state index contributed by atoms with van der Waals surface area (Å²) in [6.45, 7) is 1.67. The molecule has 1 aromatic carbocycles. The summed E-state index contributed by atoms with van der Waals surface area (Å²) in [6.07, 6.45) is 4.25. The van der Waals surface area contributed by atoms with Gasteiger partial charge in [-0.15, -0.1) is 0 Å². The van der Waals surface area contributed by atoms with Gasteiger partial charge in [0.1, 0.15) is 5.82 Å². The van der Waals surface area contributed by atoms with Crippen molar-refractivity contribution in [1.29, 1.82) is 0 Å². The predicted octanol–water partition coefficient (Wildman–Crippen LogP) is 2.84. The summed E-state index contributed by atoms with van der Waals surface area (Å²) >= 11 is 5.88. The van der Waals surface area contributed by atoms with Crippen molar-refractivity contribution in [3.63, 3.8) is 0 Å². The number of amides is 1. The summed E-state index contributed by atoms with van der Waals surface area (Å²) in [7, 11) is 0. The van der Waals surface area contributed by atoms with Gasteiger partial charge in [-0.05, 0) is 50.4 Å². The Morgan fingerprint density at radius 1 is 1.40 bits per heavy atom. The van der Waals surface area contributed by atoms with Crippen LogP contribution in [0.2, 0.25) is 5.02 Å². The van der Waals surface area contributed by atoms with E-state index in [4.69, 9.17) is 11.6 Å². The number of hydrogen-bond acceptors (Lipinski definition) is 2. The van der Waals surface area contributed by atoms with Gasteiger partial charge in [-0.25, -0.2) is 4.39 Å². The molecule has 2 fully saturated rings. The fraction of sp³-hybridized carbons (Fsp3) is 0.533. The maximum Gasteiger partial charge on any atom is 0.257 e. The summed E-state index contributed by atoms with van der Waals surface area (Å²) in [6, 6.07) is 4.75. The van der Waals surface area contributed by atoms with Crippen LogP contribution in [-0.4, -0.2) is 36.0 Å². The van der Waals surface area contributed by atoms with Gasteiger partial charge < -0.3 is 10.2 Å². The zero-order valence-electron chi connectivity index (χ0n) is 11.2. The van der Waals surface area contributed by atoms with Crippen molar-refractivity contribution in [2.24, 2.45) is 0 Å². The highest BCUT2D eigenvalue weighted by Crippen LogP contribution is 2.30. The molecule has 0 bridgehead atoms. The Kier molecular flexibility index (Phi) is 3.94. The number of carbonyl (C=O) groups is 1. The first-order valence-electron chi connectivity index (χ1n) is 7.14. The molecule has 0 aromatic heterocycles. The number of hydrogen-bond donors (Lipinski definition) is 1. The molecule has 1 heterocycles. The number of halogens is 2. The number of nitrogens with one attached hydrogen (secondary N) is 1. The Morgan fingerprint density at radius 3 is 2.85 bits per heavy atom. The van der Waals surface area contributed by atoms with E-state index in [1.807, 2.05) is 4.90 Å². The van der Waals surface area contributed by atoms with E-state index in [1.54, 1.807) is 0 Å². The topological polar surface area (TPSA) is 32.3 Å². The van der Waals surface area contributed by atoms with Crippen molar-refractivity contribution in [2.75, 3.05) is 13.1 Å². The lowest BCUT2D eigenvalue weighted by molar-refractivity contribution is 0.0724. The van der Waals surface area contributed by atoms with Crippen LogP contribution in [0.25, 0.3) is 0 Å². The molecule has 1 saturated carbocycles. The van der Waals surface area contributed by atoms with Gasteiger partial charge in [0.15, 0.2) is 0 Å². The van der Waals surface area contributed by atoms with Gasteiger partial charge >= 0.3 is 0 Å². The molecule has 3 rings (SSSR count). The zero-order valence-corrected chi connectivity index (χ0v) is 12.0. The Balaban J connectivity index is 1.79. The maximum absolute atomic E-state index is 13.9. The quantitative estimate of drug-likeness (QED) is 0.926. The molecule has 2 aliphatic rings. The van der Waals surface area contributed by atoms with Gasteiger partial charge in [0.2, 0.25) is 0 Å². The predicted molar refractivity (Wildman–Crippen MR) is 76.5 cm³/mol. The highest BCUT2D eigenvalue weighted by molar-refractivity contribution is 6.31. The normalized spacial score (nSPS) is 22.0. The third-order valence-electron chi connectivity index (χ3n) is 3.99. The Hall–Kier alpha value is -1.13. The average molecular weight is 297 g/mol. The molecular weight excluding hydrogens is 279 g/mol. The van der Waals surface area contributed by atoms with Gasteiger partial charge in [-0.3, -0.25) is 4.79 Å². The van der Waals surface area contributed by atoms with Crippen molar-refractivity contribution >= 4 is 17.5 Å². The average Bonchev–Trinajstić information content (AvgIpc) is 3.15. The lowest BCUT2D eigenvalue weighted by atomic mass is 10.1. The van der Waals surface area contributed by atoms with Crippen LogP contribution in [0, 0.1) is 5.82 Å². The molecular formula is C15H18ClFN2O. The minimum atomic E-state index is -0.496. The summed E-state index contributed by atoms with van der Waals surface area (Å²) in [4.78, 5) is 14.4. The Labute approximate surface area is 123 Å². The minimum Gasteiger partial charge on any atom is -0.334 e. The van der Waals surface area contributed by atoms with Gasteiger partial charge in [-0.1, -0.05) is 11.6 Å². The molecule has 5 heteroatoms. The van der Waals surface area contributed by atoms with Crippen LogP contribution in [0.3, 0.4) is 0 Å². The minimum absolute atomic E-state index is 0.0856. The molecule has 108 valence electrons. The second kappa shape index (κ2) is 5.70. The highest BCUT2D eigenvalue weighted by atomic mass is 35.5. The molecule has 1 aromatic rings. The molecule has 1 aliphatic carbocycles. The third-order valence-corrected chi connectivity index (χ3v) is 4.22. The van der Waals surface area contributed by atoms with E-state index in [0.717, 1.165) is 32.2 Å². The van der Waals surface area contributed by atoms with Crippen LogP contribution >= 0.6 is 11.6 Å².